The smallest absolute Gasteiger partial charge is 0.0901 e. The molecule has 0 fully saturated rings. The molecule has 0 radical (unpaired) electrons. The van der Waals surface area contributed by atoms with Crippen molar-refractivity contribution in [3.8, 4) is 0 Å². The van der Waals surface area contributed by atoms with Gasteiger partial charge >= 0.3 is 0 Å². The molecule has 6 heteroatoms. The average molecular weight is 433 g/mol. The molecule has 0 saturated heterocycles. The van der Waals surface area contributed by atoms with Crippen molar-refractivity contribution in [2.24, 2.45) is 30.7 Å². The van der Waals surface area contributed by atoms with Gasteiger partial charge in [-0.2, -0.15) is 30.7 Å². The van der Waals surface area contributed by atoms with Crippen LogP contribution in [0.3, 0.4) is 0 Å². The molecule has 0 aliphatic carbocycles. The van der Waals surface area contributed by atoms with Crippen molar-refractivity contribution in [1.29, 1.82) is 0 Å². The van der Waals surface area contributed by atoms with Crippen LogP contribution in [0, 0.1) is 20.8 Å². The van der Waals surface area contributed by atoms with Crippen LogP contribution in [0.25, 0.3) is 0 Å². The van der Waals surface area contributed by atoms with Crippen molar-refractivity contribution in [2.75, 3.05) is 0 Å². The summed E-state index contributed by atoms with van der Waals surface area (Å²) in [5.74, 6) is 0. The van der Waals surface area contributed by atoms with Crippen LogP contribution >= 0.6 is 0 Å². The third-order valence-corrected chi connectivity index (χ3v) is 4.83. The highest BCUT2D eigenvalue weighted by atomic mass is 15.1. The molecule has 0 spiro atoms. The number of nitrogens with zero attached hydrogens (tertiary/aromatic N) is 6. The summed E-state index contributed by atoms with van der Waals surface area (Å²) in [5, 5.41) is 26.2. The van der Waals surface area contributed by atoms with E-state index in [1.807, 2.05) is 112 Å². The summed E-state index contributed by atoms with van der Waals surface area (Å²) >= 11 is 0. The quantitative estimate of drug-likeness (QED) is 0.272. The largest absolute Gasteiger partial charge is 0.151 e. The van der Waals surface area contributed by atoms with E-state index in [2.05, 4.69) is 30.7 Å². The third-order valence-electron chi connectivity index (χ3n) is 4.83. The first-order chi connectivity index (χ1) is 16.0. The average Bonchev–Trinajstić information content (AvgIpc) is 2.83. The van der Waals surface area contributed by atoms with Gasteiger partial charge in [0, 0.05) is 0 Å². The van der Waals surface area contributed by atoms with Crippen LogP contribution in [0.5, 0.6) is 0 Å². The highest BCUT2D eigenvalue weighted by Crippen LogP contribution is 2.32. The van der Waals surface area contributed by atoms with Gasteiger partial charge in [0.25, 0.3) is 0 Å². The molecule has 4 aromatic carbocycles. The zero-order valence-corrected chi connectivity index (χ0v) is 18.8. The molecule has 162 valence electrons. The fourth-order valence-electron chi connectivity index (χ4n) is 2.93. The highest BCUT2D eigenvalue weighted by molar-refractivity contribution is 5.61. The summed E-state index contributed by atoms with van der Waals surface area (Å²) in [4.78, 5) is 0. The maximum Gasteiger partial charge on any atom is 0.0901 e. The van der Waals surface area contributed by atoms with Crippen LogP contribution in [0.4, 0.5) is 34.1 Å². The molecular weight excluding hydrogens is 408 g/mol. The SMILES string of the molecule is Cc1ccc(N=Nc2cc(N=Nc3ccc(C)cc3)cc(N=Nc3ccc(C)cc3)c2)cc1. The van der Waals surface area contributed by atoms with E-state index in [-0.39, 0.29) is 0 Å². The minimum absolute atomic E-state index is 0.619. The normalized spacial score (nSPS) is 11.7. The van der Waals surface area contributed by atoms with Gasteiger partial charge in [-0.15, -0.1) is 0 Å². The molecule has 0 N–H and O–H groups in total. The van der Waals surface area contributed by atoms with Crippen LogP contribution in [0.15, 0.2) is 122 Å². The van der Waals surface area contributed by atoms with Crippen molar-refractivity contribution >= 4 is 34.1 Å². The topological polar surface area (TPSA) is 74.2 Å². The lowest BCUT2D eigenvalue weighted by atomic mass is 10.2. The highest BCUT2D eigenvalue weighted by Gasteiger charge is 2.02. The molecule has 0 amide bonds. The Kier molecular flexibility index (Phi) is 6.85. The van der Waals surface area contributed by atoms with Gasteiger partial charge in [0.05, 0.1) is 34.1 Å². The molecule has 0 unspecified atom stereocenters. The molecule has 0 bridgehead atoms. The van der Waals surface area contributed by atoms with Crippen LogP contribution in [0.1, 0.15) is 16.7 Å². The lowest BCUT2D eigenvalue weighted by molar-refractivity contribution is 1.18. The van der Waals surface area contributed by atoms with Crippen LogP contribution in [-0.4, -0.2) is 0 Å². The van der Waals surface area contributed by atoms with Crippen molar-refractivity contribution in [1.82, 2.24) is 0 Å². The van der Waals surface area contributed by atoms with Gasteiger partial charge in [0.15, 0.2) is 0 Å². The van der Waals surface area contributed by atoms with Crippen LogP contribution < -0.4 is 0 Å². The van der Waals surface area contributed by atoms with Crippen molar-refractivity contribution in [2.45, 2.75) is 20.8 Å². The molecule has 0 saturated carbocycles. The van der Waals surface area contributed by atoms with Gasteiger partial charge in [0.1, 0.15) is 0 Å². The van der Waals surface area contributed by atoms with E-state index in [1.165, 1.54) is 16.7 Å². The second-order valence-electron chi connectivity index (χ2n) is 7.81. The lowest BCUT2D eigenvalue weighted by Gasteiger charge is -2.00. The van der Waals surface area contributed by atoms with Gasteiger partial charge in [-0.1, -0.05) is 53.1 Å². The van der Waals surface area contributed by atoms with E-state index in [1.54, 1.807) is 0 Å². The Morgan fingerprint density at radius 1 is 0.303 bits per heavy atom. The van der Waals surface area contributed by atoms with E-state index in [4.69, 9.17) is 0 Å². The minimum atomic E-state index is 0.619. The minimum Gasteiger partial charge on any atom is -0.151 e. The second-order valence-corrected chi connectivity index (χ2v) is 7.81. The zero-order chi connectivity index (χ0) is 23.0. The zero-order valence-electron chi connectivity index (χ0n) is 18.8. The molecule has 0 heterocycles. The standard InChI is InChI=1S/C27H24N6/c1-19-4-10-22(11-5-19)28-31-25-16-26(32-29-23-12-6-20(2)7-13-23)18-27(17-25)33-30-24-14-8-21(3)9-15-24/h4-18H,1-3H3. The van der Waals surface area contributed by atoms with Gasteiger partial charge in [0.2, 0.25) is 0 Å². The van der Waals surface area contributed by atoms with E-state index < -0.39 is 0 Å². The first kappa shape index (κ1) is 21.9. The summed E-state index contributed by atoms with van der Waals surface area (Å²) in [7, 11) is 0. The lowest BCUT2D eigenvalue weighted by Crippen LogP contribution is -1.72. The van der Waals surface area contributed by atoms with Crippen molar-refractivity contribution < 1.29 is 0 Å². The van der Waals surface area contributed by atoms with Gasteiger partial charge in [-0.05, 0) is 75.4 Å². The molecule has 4 rings (SSSR count). The Morgan fingerprint density at radius 3 is 0.758 bits per heavy atom. The Bertz CT molecular complexity index is 1120. The Labute approximate surface area is 193 Å². The van der Waals surface area contributed by atoms with Gasteiger partial charge in [-0.3, -0.25) is 0 Å². The van der Waals surface area contributed by atoms with Crippen molar-refractivity contribution in [3.05, 3.63) is 108 Å². The molecule has 0 aliphatic heterocycles. The monoisotopic (exact) mass is 432 g/mol. The molecule has 0 aliphatic rings. The molecule has 33 heavy (non-hydrogen) atoms. The van der Waals surface area contributed by atoms with Crippen molar-refractivity contribution in [3.63, 3.8) is 0 Å². The number of hydrogen-bond donors (Lipinski definition) is 0. The van der Waals surface area contributed by atoms with E-state index in [0.717, 1.165) is 17.1 Å². The van der Waals surface area contributed by atoms with E-state index >= 15 is 0 Å². The van der Waals surface area contributed by atoms with Gasteiger partial charge in [-0.25, -0.2) is 0 Å². The Balaban J connectivity index is 1.64. The van der Waals surface area contributed by atoms with Crippen LogP contribution in [-0.2, 0) is 0 Å². The molecule has 6 nitrogen and oxygen atoms in total. The fourth-order valence-corrected chi connectivity index (χ4v) is 2.93. The Hall–Kier alpha value is -4.32. The molecular formula is C27H24N6. The number of hydrogen-bond acceptors (Lipinski definition) is 6. The summed E-state index contributed by atoms with van der Waals surface area (Å²) < 4.78 is 0. The maximum absolute atomic E-state index is 4.38. The third kappa shape index (κ3) is 6.58. The number of benzene rings is 4. The molecule has 0 aromatic heterocycles. The van der Waals surface area contributed by atoms with Crippen LogP contribution in [0.2, 0.25) is 0 Å². The first-order valence-corrected chi connectivity index (χ1v) is 10.6. The second kappa shape index (κ2) is 10.3. The van der Waals surface area contributed by atoms with E-state index in [0.29, 0.717) is 17.1 Å². The predicted octanol–water partition coefficient (Wildman–Crippen LogP) is 9.86. The number of rotatable bonds is 6. The molecule has 0 atom stereocenters. The summed E-state index contributed by atoms with van der Waals surface area (Å²) in [6, 6.07) is 29.0. The Morgan fingerprint density at radius 2 is 0.515 bits per heavy atom. The summed E-state index contributed by atoms with van der Waals surface area (Å²) in [6.45, 7) is 6.11. The number of aryl methyl sites for hydroxylation is 3. The maximum atomic E-state index is 4.38. The van der Waals surface area contributed by atoms with E-state index in [9.17, 15) is 0 Å². The first-order valence-electron chi connectivity index (χ1n) is 10.6. The fraction of sp³-hybridized carbons (Fsp3) is 0.111. The summed E-state index contributed by atoms with van der Waals surface area (Å²) in [6.07, 6.45) is 0. The van der Waals surface area contributed by atoms with Gasteiger partial charge < -0.3 is 0 Å². The predicted molar refractivity (Wildman–Crippen MR) is 133 cm³/mol. The summed E-state index contributed by atoms with van der Waals surface area (Å²) in [5.41, 5.74) is 7.69. The molecule has 4 aromatic rings. The number of azo groups is 3.